The van der Waals surface area contributed by atoms with Crippen molar-refractivity contribution < 1.29 is 4.79 Å². The molecule has 1 aliphatic heterocycles. The summed E-state index contributed by atoms with van der Waals surface area (Å²) in [6, 6.07) is 73.5. The van der Waals surface area contributed by atoms with Crippen LogP contribution < -0.4 is 4.90 Å². The Morgan fingerprint density at radius 1 is 0.444 bits per heavy atom. The maximum absolute atomic E-state index is 13.4. The van der Waals surface area contributed by atoms with E-state index in [9.17, 15) is 10.1 Å². The molecule has 0 aliphatic carbocycles. The number of nitriles is 1. The number of fused-ring (bicyclic) bond motifs is 2. The van der Waals surface area contributed by atoms with Gasteiger partial charge in [-0.15, -0.1) is 10.0 Å². The molecule has 1 aliphatic rings. The molecule has 0 saturated heterocycles. The summed E-state index contributed by atoms with van der Waals surface area (Å²) >= 11 is 0. The molecule has 0 bridgehead atoms. The van der Waals surface area contributed by atoms with Gasteiger partial charge in [0.15, 0.2) is 5.78 Å². The highest BCUT2D eigenvalue weighted by Gasteiger charge is 2.43. The van der Waals surface area contributed by atoms with Crippen LogP contribution in [-0.2, 0) is 0 Å². The molecule has 0 saturated carbocycles. The van der Waals surface area contributed by atoms with Gasteiger partial charge in [0.2, 0.25) is 0 Å². The fourth-order valence-corrected chi connectivity index (χ4v) is 11.9. The monoisotopic (exact) mass is 710 g/mol. The summed E-state index contributed by atoms with van der Waals surface area (Å²) in [6.07, 6.45) is 0. The standard InChI is InChI=1S/C50H34N2OS/c51-35-36-27-29-37(30-28-36)43-21-14-22-44(38-31-33-40(34-32-38)50(53)39-15-4-1-5-16-39)49(43)52-45-23-10-12-25-47(45)54(41-17-6-2-7-18-41,42-19-8-3-9-20-42)48-26-13-11-24-46(48)52/h1-34H. The maximum atomic E-state index is 13.4. The SMILES string of the molecule is N#Cc1ccc(-c2cccc(-c3ccc(C(=O)c4ccccc4)cc3)c2N2c3ccccc3S(c3ccccc3)(c3ccccc3)c3ccccc32)cc1. The number of nitrogens with zero attached hydrogens (tertiary/aromatic N) is 2. The Morgan fingerprint density at radius 3 is 1.37 bits per heavy atom. The fraction of sp³-hybridized carbons (Fsp3) is 0. The Morgan fingerprint density at radius 2 is 0.870 bits per heavy atom. The molecule has 3 nitrogen and oxygen atoms in total. The predicted molar refractivity (Wildman–Crippen MR) is 220 cm³/mol. The van der Waals surface area contributed by atoms with Crippen LogP contribution in [0.3, 0.4) is 0 Å². The van der Waals surface area contributed by atoms with Gasteiger partial charge in [-0.2, -0.15) is 5.26 Å². The summed E-state index contributed by atoms with van der Waals surface area (Å²) < 4.78 is 0. The molecule has 0 atom stereocenters. The first kappa shape index (κ1) is 32.9. The first-order valence-corrected chi connectivity index (χ1v) is 19.6. The van der Waals surface area contributed by atoms with Gasteiger partial charge in [-0.25, -0.2) is 0 Å². The van der Waals surface area contributed by atoms with Crippen LogP contribution in [0.4, 0.5) is 17.1 Å². The van der Waals surface area contributed by atoms with E-state index in [-0.39, 0.29) is 5.78 Å². The minimum Gasteiger partial charge on any atom is -0.307 e. The average Bonchev–Trinajstić information content (AvgIpc) is 3.26. The van der Waals surface area contributed by atoms with Crippen LogP contribution in [0.2, 0.25) is 0 Å². The minimum atomic E-state index is -1.94. The highest BCUT2D eigenvalue weighted by Crippen LogP contribution is 2.79. The molecule has 8 aromatic carbocycles. The molecule has 8 aromatic rings. The summed E-state index contributed by atoms with van der Waals surface area (Å²) in [5.41, 5.74) is 9.23. The van der Waals surface area contributed by atoms with E-state index in [1.54, 1.807) is 0 Å². The zero-order valence-corrected chi connectivity index (χ0v) is 30.2. The molecule has 0 aromatic heterocycles. The van der Waals surface area contributed by atoms with Crippen molar-refractivity contribution >= 4 is 32.9 Å². The molecular weight excluding hydrogens is 677 g/mol. The number of carbonyl (C=O) groups is 1. The second-order valence-corrected chi connectivity index (χ2v) is 16.2. The number of ketones is 1. The van der Waals surface area contributed by atoms with Gasteiger partial charge in [-0.05, 0) is 71.8 Å². The lowest BCUT2D eigenvalue weighted by Gasteiger charge is -2.50. The second-order valence-electron chi connectivity index (χ2n) is 13.2. The third-order valence-corrected chi connectivity index (χ3v) is 14.1. The first-order valence-electron chi connectivity index (χ1n) is 17.9. The molecule has 256 valence electrons. The van der Waals surface area contributed by atoms with Crippen LogP contribution >= 0.6 is 10.0 Å². The summed E-state index contributed by atoms with van der Waals surface area (Å²) in [5, 5.41) is 9.66. The van der Waals surface area contributed by atoms with Gasteiger partial charge in [-0.1, -0.05) is 146 Å². The third-order valence-electron chi connectivity index (χ3n) is 10.1. The molecule has 4 heteroatoms. The topological polar surface area (TPSA) is 44.1 Å². The van der Waals surface area contributed by atoms with Crippen molar-refractivity contribution in [2.45, 2.75) is 19.6 Å². The lowest BCUT2D eigenvalue weighted by Crippen LogP contribution is -2.22. The van der Waals surface area contributed by atoms with Crippen molar-refractivity contribution in [3.8, 4) is 28.3 Å². The van der Waals surface area contributed by atoms with Gasteiger partial charge in [0.05, 0.1) is 28.7 Å². The smallest absolute Gasteiger partial charge is 0.193 e. The van der Waals surface area contributed by atoms with E-state index in [1.807, 2.05) is 66.7 Å². The van der Waals surface area contributed by atoms with E-state index in [1.165, 1.54) is 19.6 Å². The molecule has 54 heavy (non-hydrogen) atoms. The van der Waals surface area contributed by atoms with Gasteiger partial charge in [0, 0.05) is 41.8 Å². The highest BCUT2D eigenvalue weighted by atomic mass is 32.3. The van der Waals surface area contributed by atoms with Crippen molar-refractivity contribution in [1.82, 2.24) is 0 Å². The number of anilines is 3. The van der Waals surface area contributed by atoms with Gasteiger partial charge in [0.1, 0.15) is 0 Å². The number of benzene rings is 8. The number of carbonyl (C=O) groups excluding carboxylic acids is 1. The zero-order chi connectivity index (χ0) is 36.5. The van der Waals surface area contributed by atoms with E-state index in [4.69, 9.17) is 0 Å². The van der Waals surface area contributed by atoms with Crippen molar-refractivity contribution in [3.05, 3.63) is 223 Å². The Labute approximate surface area is 317 Å². The van der Waals surface area contributed by atoms with Crippen molar-refractivity contribution in [2.75, 3.05) is 4.90 Å². The fourth-order valence-electron chi connectivity index (χ4n) is 7.72. The van der Waals surface area contributed by atoms with Crippen LogP contribution in [0.5, 0.6) is 0 Å². The first-order chi connectivity index (χ1) is 26.7. The number of para-hydroxylation sites is 3. The van der Waals surface area contributed by atoms with Crippen molar-refractivity contribution in [2.24, 2.45) is 0 Å². The van der Waals surface area contributed by atoms with Crippen LogP contribution in [-0.4, -0.2) is 5.78 Å². The van der Waals surface area contributed by atoms with Crippen molar-refractivity contribution in [1.29, 1.82) is 5.26 Å². The highest BCUT2D eigenvalue weighted by molar-refractivity contribution is 8.34. The lowest BCUT2D eigenvalue weighted by molar-refractivity contribution is 0.103. The zero-order valence-electron chi connectivity index (χ0n) is 29.3. The lowest BCUT2D eigenvalue weighted by atomic mass is 9.92. The Kier molecular flexibility index (Phi) is 8.48. The van der Waals surface area contributed by atoms with Crippen LogP contribution in [0.25, 0.3) is 22.3 Å². The van der Waals surface area contributed by atoms with E-state index in [0.717, 1.165) is 39.3 Å². The molecule has 0 spiro atoms. The van der Waals surface area contributed by atoms with Gasteiger partial charge in [0.25, 0.3) is 0 Å². The Balaban J connectivity index is 1.33. The average molecular weight is 711 g/mol. The number of rotatable bonds is 7. The molecule has 0 unspecified atom stereocenters. The normalized spacial score (nSPS) is 13.2. The molecular formula is C50H34N2OS. The van der Waals surface area contributed by atoms with Gasteiger partial charge < -0.3 is 4.90 Å². The summed E-state index contributed by atoms with van der Waals surface area (Å²) in [5.74, 6) is -0.00580. The van der Waals surface area contributed by atoms with Crippen molar-refractivity contribution in [3.63, 3.8) is 0 Å². The summed E-state index contributed by atoms with van der Waals surface area (Å²) in [6.45, 7) is 0. The van der Waals surface area contributed by atoms with E-state index in [2.05, 4.69) is 150 Å². The summed E-state index contributed by atoms with van der Waals surface area (Å²) in [7, 11) is -1.94. The van der Waals surface area contributed by atoms with Crippen LogP contribution in [0.1, 0.15) is 21.5 Å². The Hall–Kier alpha value is -6.93. The third kappa shape index (κ3) is 5.42. The van der Waals surface area contributed by atoms with E-state index >= 15 is 0 Å². The second kappa shape index (κ2) is 13.9. The van der Waals surface area contributed by atoms with Gasteiger partial charge in [-0.3, -0.25) is 4.79 Å². The summed E-state index contributed by atoms with van der Waals surface area (Å²) in [4.78, 5) is 20.9. The molecule has 0 radical (unpaired) electrons. The van der Waals surface area contributed by atoms with E-state index < -0.39 is 10.0 Å². The van der Waals surface area contributed by atoms with Gasteiger partial charge >= 0.3 is 0 Å². The predicted octanol–water partition coefficient (Wildman–Crippen LogP) is 13.2. The maximum Gasteiger partial charge on any atom is 0.193 e. The number of hydrogen-bond acceptors (Lipinski definition) is 3. The van der Waals surface area contributed by atoms with E-state index in [0.29, 0.717) is 16.7 Å². The Bertz CT molecular complexity index is 2580. The minimum absolute atomic E-state index is 0.00580. The van der Waals surface area contributed by atoms with Crippen LogP contribution in [0.15, 0.2) is 226 Å². The largest absolute Gasteiger partial charge is 0.307 e. The molecule has 0 N–H and O–H groups in total. The molecule has 1 heterocycles. The quantitative estimate of drug-likeness (QED) is 0.155. The number of hydrogen-bond donors (Lipinski definition) is 0. The van der Waals surface area contributed by atoms with Crippen LogP contribution in [0, 0.1) is 11.3 Å². The molecule has 9 rings (SSSR count). The molecule has 0 fully saturated rings. The molecule has 0 amide bonds.